The SMILES string of the molecule is NCC1(c2cc(C(F)F)ccc2O)CCCCC1. The molecule has 0 aromatic heterocycles. The predicted octanol–water partition coefficient (Wildman–Crippen LogP) is 3.49. The molecule has 1 saturated carbocycles. The number of hydrogen-bond donors (Lipinski definition) is 2. The number of nitrogens with two attached hydrogens (primary N) is 1. The van der Waals surface area contributed by atoms with E-state index in [2.05, 4.69) is 0 Å². The molecule has 1 aliphatic carbocycles. The van der Waals surface area contributed by atoms with Gasteiger partial charge in [0.1, 0.15) is 5.75 Å². The van der Waals surface area contributed by atoms with Gasteiger partial charge < -0.3 is 10.8 Å². The highest BCUT2D eigenvalue weighted by atomic mass is 19.3. The Labute approximate surface area is 106 Å². The molecule has 0 aliphatic heterocycles. The highest BCUT2D eigenvalue weighted by Crippen LogP contribution is 2.43. The molecular formula is C14H19F2NO. The lowest BCUT2D eigenvalue weighted by Crippen LogP contribution is -2.37. The zero-order valence-corrected chi connectivity index (χ0v) is 10.3. The van der Waals surface area contributed by atoms with Crippen LogP contribution < -0.4 is 5.73 Å². The molecule has 0 bridgehead atoms. The molecule has 0 spiro atoms. The van der Waals surface area contributed by atoms with Crippen LogP contribution in [0.2, 0.25) is 0 Å². The smallest absolute Gasteiger partial charge is 0.263 e. The normalized spacial score (nSPS) is 19.1. The first-order valence-corrected chi connectivity index (χ1v) is 6.41. The summed E-state index contributed by atoms with van der Waals surface area (Å²) in [6.07, 6.45) is 2.44. The summed E-state index contributed by atoms with van der Waals surface area (Å²) in [5.74, 6) is 0.0896. The van der Waals surface area contributed by atoms with Crippen molar-refractivity contribution in [3.8, 4) is 5.75 Å². The lowest BCUT2D eigenvalue weighted by molar-refractivity contribution is 0.151. The average molecular weight is 255 g/mol. The van der Waals surface area contributed by atoms with Crippen molar-refractivity contribution < 1.29 is 13.9 Å². The van der Waals surface area contributed by atoms with E-state index in [1.165, 1.54) is 18.2 Å². The van der Waals surface area contributed by atoms with E-state index in [1.54, 1.807) is 0 Å². The molecule has 1 fully saturated rings. The van der Waals surface area contributed by atoms with E-state index in [1.807, 2.05) is 0 Å². The minimum absolute atomic E-state index is 0.0406. The second kappa shape index (κ2) is 5.22. The summed E-state index contributed by atoms with van der Waals surface area (Å²) in [4.78, 5) is 0. The van der Waals surface area contributed by atoms with Crippen LogP contribution >= 0.6 is 0 Å². The monoisotopic (exact) mass is 255 g/mol. The van der Waals surface area contributed by atoms with Crippen LogP contribution in [0.4, 0.5) is 8.78 Å². The van der Waals surface area contributed by atoms with Crippen molar-refractivity contribution in [2.45, 2.75) is 43.9 Å². The summed E-state index contributed by atoms with van der Waals surface area (Å²) in [5, 5.41) is 9.96. The second-order valence-electron chi connectivity index (χ2n) is 5.12. The predicted molar refractivity (Wildman–Crippen MR) is 66.9 cm³/mol. The van der Waals surface area contributed by atoms with Gasteiger partial charge >= 0.3 is 0 Å². The Balaban J connectivity index is 2.43. The Morgan fingerprint density at radius 2 is 1.89 bits per heavy atom. The fourth-order valence-electron chi connectivity index (χ4n) is 2.93. The number of phenolic OH excluding ortho intramolecular Hbond substituents is 1. The van der Waals surface area contributed by atoms with Crippen LogP contribution in [0.25, 0.3) is 0 Å². The van der Waals surface area contributed by atoms with Crippen LogP contribution in [-0.2, 0) is 5.41 Å². The number of rotatable bonds is 3. The fourth-order valence-corrected chi connectivity index (χ4v) is 2.93. The van der Waals surface area contributed by atoms with E-state index in [-0.39, 0.29) is 16.7 Å². The number of phenols is 1. The Hall–Kier alpha value is -1.16. The van der Waals surface area contributed by atoms with Gasteiger partial charge in [0.25, 0.3) is 6.43 Å². The molecule has 3 N–H and O–H groups in total. The molecule has 100 valence electrons. The van der Waals surface area contributed by atoms with Crippen LogP contribution in [0.1, 0.15) is 49.7 Å². The molecule has 1 aromatic carbocycles. The van der Waals surface area contributed by atoms with Gasteiger partial charge in [-0.05, 0) is 31.0 Å². The fraction of sp³-hybridized carbons (Fsp3) is 0.571. The van der Waals surface area contributed by atoms with Crippen LogP contribution in [0.15, 0.2) is 18.2 Å². The van der Waals surface area contributed by atoms with Crippen LogP contribution in [0.5, 0.6) is 5.75 Å². The molecule has 1 aliphatic rings. The van der Waals surface area contributed by atoms with Crippen LogP contribution in [-0.4, -0.2) is 11.7 Å². The summed E-state index contributed by atoms with van der Waals surface area (Å²) < 4.78 is 25.5. The number of benzene rings is 1. The first kappa shape index (κ1) is 13.3. The van der Waals surface area contributed by atoms with Crippen molar-refractivity contribution in [3.63, 3.8) is 0 Å². The second-order valence-corrected chi connectivity index (χ2v) is 5.12. The topological polar surface area (TPSA) is 46.2 Å². The number of alkyl halides is 2. The lowest BCUT2D eigenvalue weighted by atomic mass is 9.69. The van der Waals surface area contributed by atoms with Crippen molar-refractivity contribution in [1.29, 1.82) is 0 Å². The number of halogens is 2. The molecule has 0 heterocycles. The van der Waals surface area contributed by atoms with Crippen molar-refractivity contribution in [1.82, 2.24) is 0 Å². The van der Waals surface area contributed by atoms with Gasteiger partial charge in [0.05, 0.1) is 0 Å². The van der Waals surface area contributed by atoms with Gasteiger partial charge in [0.2, 0.25) is 0 Å². The average Bonchev–Trinajstić information content (AvgIpc) is 2.39. The third-order valence-corrected chi connectivity index (χ3v) is 4.05. The molecule has 0 amide bonds. The molecule has 0 saturated heterocycles. The third kappa shape index (κ3) is 2.34. The van der Waals surface area contributed by atoms with Gasteiger partial charge in [-0.2, -0.15) is 0 Å². The standard InChI is InChI=1S/C14H19F2NO/c15-13(16)10-4-5-12(18)11(8-10)14(9-17)6-2-1-3-7-14/h4-5,8,13,18H,1-3,6-7,9,17H2. The van der Waals surface area contributed by atoms with E-state index in [4.69, 9.17) is 5.73 Å². The molecule has 0 atom stereocenters. The summed E-state index contributed by atoms with van der Waals surface area (Å²) in [6, 6.07) is 4.07. The van der Waals surface area contributed by atoms with E-state index in [0.717, 1.165) is 32.1 Å². The highest BCUT2D eigenvalue weighted by Gasteiger charge is 2.35. The lowest BCUT2D eigenvalue weighted by Gasteiger charge is -2.37. The molecule has 18 heavy (non-hydrogen) atoms. The van der Waals surface area contributed by atoms with Gasteiger partial charge in [-0.3, -0.25) is 0 Å². The van der Waals surface area contributed by atoms with Gasteiger partial charge in [-0.15, -0.1) is 0 Å². The maximum atomic E-state index is 12.8. The largest absolute Gasteiger partial charge is 0.508 e. The minimum Gasteiger partial charge on any atom is -0.508 e. The molecule has 2 rings (SSSR count). The molecule has 4 heteroatoms. The van der Waals surface area contributed by atoms with Gasteiger partial charge in [-0.1, -0.05) is 19.3 Å². The van der Waals surface area contributed by atoms with E-state index in [0.29, 0.717) is 12.1 Å². The van der Waals surface area contributed by atoms with E-state index in [9.17, 15) is 13.9 Å². The molecule has 0 radical (unpaired) electrons. The maximum Gasteiger partial charge on any atom is 0.263 e. The van der Waals surface area contributed by atoms with Crippen molar-refractivity contribution >= 4 is 0 Å². The number of hydrogen-bond acceptors (Lipinski definition) is 2. The van der Waals surface area contributed by atoms with Gasteiger partial charge in [-0.25, -0.2) is 8.78 Å². The van der Waals surface area contributed by atoms with Crippen molar-refractivity contribution in [2.24, 2.45) is 5.73 Å². The first-order chi connectivity index (χ1) is 8.59. The molecule has 2 nitrogen and oxygen atoms in total. The highest BCUT2D eigenvalue weighted by molar-refractivity contribution is 5.42. The summed E-state index contributed by atoms with van der Waals surface area (Å²) >= 11 is 0. The Kier molecular flexibility index (Phi) is 3.85. The molecule has 0 unspecified atom stereocenters. The first-order valence-electron chi connectivity index (χ1n) is 6.41. The van der Waals surface area contributed by atoms with E-state index >= 15 is 0 Å². The summed E-state index contributed by atoms with van der Waals surface area (Å²) in [5.41, 5.74) is 6.10. The van der Waals surface area contributed by atoms with Gasteiger partial charge in [0, 0.05) is 23.1 Å². The maximum absolute atomic E-state index is 12.8. The van der Waals surface area contributed by atoms with Crippen LogP contribution in [0.3, 0.4) is 0 Å². The van der Waals surface area contributed by atoms with Crippen molar-refractivity contribution in [3.05, 3.63) is 29.3 Å². The van der Waals surface area contributed by atoms with Crippen molar-refractivity contribution in [2.75, 3.05) is 6.54 Å². The third-order valence-electron chi connectivity index (χ3n) is 4.05. The summed E-state index contributed by atoms with van der Waals surface area (Å²) in [6.45, 7) is 0.396. The quantitative estimate of drug-likeness (QED) is 0.868. The van der Waals surface area contributed by atoms with E-state index < -0.39 is 6.43 Å². The molecule has 1 aromatic rings. The zero-order valence-electron chi connectivity index (χ0n) is 10.3. The Bertz CT molecular complexity index is 414. The number of aromatic hydroxyl groups is 1. The Morgan fingerprint density at radius 1 is 1.22 bits per heavy atom. The zero-order chi connectivity index (χ0) is 13.2. The Morgan fingerprint density at radius 3 is 2.44 bits per heavy atom. The molecular weight excluding hydrogens is 236 g/mol. The van der Waals surface area contributed by atoms with Crippen LogP contribution in [0, 0.1) is 0 Å². The minimum atomic E-state index is -2.51. The summed E-state index contributed by atoms with van der Waals surface area (Å²) in [7, 11) is 0. The van der Waals surface area contributed by atoms with Gasteiger partial charge in [0.15, 0.2) is 0 Å².